The van der Waals surface area contributed by atoms with Crippen molar-refractivity contribution in [1.82, 2.24) is 0 Å². The number of methoxy groups -OCH3 is 1. The molecule has 80 valence electrons. The summed E-state index contributed by atoms with van der Waals surface area (Å²) < 4.78 is 4.39. The van der Waals surface area contributed by atoms with Gasteiger partial charge in [-0.3, -0.25) is 0 Å². The molecule has 0 radical (unpaired) electrons. The molecule has 0 heterocycles. The Morgan fingerprint density at radius 3 is 2.33 bits per heavy atom. The number of hydrogen-bond donors (Lipinski definition) is 2. The van der Waals surface area contributed by atoms with Crippen LogP contribution in [-0.4, -0.2) is 23.3 Å². The Morgan fingerprint density at radius 2 is 1.87 bits per heavy atom. The van der Waals surface area contributed by atoms with E-state index in [0.717, 1.165) is 11.6 Å². The minimum absolute atomic E-state index is 0.0762. The van der Waals surface area contributed by atoms with E-state index in [2.05, 4.69) is 4.74 Å². The molecular weight excluding hydrogens is 196 g/mol. The van der Waals surface area contributed by atoms with Crippen LogP contribution in [0.2, 0.25) is 0 Å². The number of carbonyl (C=O) groups excluding carboxylic acids is 1. The molecule has 4 heteroatoms. The number of esters is 1. The SMILES string of the molecule is COC(=O)/C=C/c1c(O)cc(C)cc1O. The second-order valence-electron chi connectivity index (χ2n) is 3.07. The minimum atomic E-state index is -0.547. The van der Waals surface area contributed by atoms with Gasteiger partial charge in [0.05, 0.1) is 12.7 Å². The van der Waals surface area contributed by atoms with Crippen LogP contribution in [0.15, 0.2) is 18.2 Å². The van der Waals surface area contributed by atoms with Crippen molar-refractivity contribution in [2.45, 2.75) is 6.92 Å². The average Bonchev–Trinajstić information content (AvgIpc) is 2.15. The topological polar surface area (TPSA) is 66.8 Å². The average molecular weight is 208 g/mol. The Kier molecular flexibility index (Phi) is 3.33. The highest BCUT2D eigenvalue weighted by Crippen LogP contribution is 2.29. The fraction of sp³-hybridized carbons (Fsp3) is 0.182. The van der Waals surface area contributed by atoms with Crippen LogP contribution in [0.25, 0.3) is 6.08 Å². The quantitative estimate of drug-likeness (QED) is 0.572. The molecule has 0 amide bonds. The maximum absolute atomic E-state index is 10.8. The maximum Gasteiger partial charge on any atom is 0.330 e. The molecule has 0 bridgehead atoms. The van der Waals surface area contributed by atoms with Crippen LogP contribution in [0.1, 0.15) is 11.1 Å². The summed E-state index contributed by atoms with van der Waals surface area (Å²) in [6.45, 7) is 1.74. The minimum Gasteiger partial charge on any atom is -0.507 e. The van der Waals surface area contributed by atoms with Crippen molar-refractivity contribution in [3.05, 3.63) is 29.3 Å². The summed E-state index contributed by atoms with van der Waals surface area (Å²) in [5.41, 5.74) is 0.936. The van der Waals surface area contributed by atoms with Crippen LogP contribution in [0, 0.1) is 6.92 Å². The van der Waals surface area contributed by atoms with Crippen molar-refractivity contribution in [2.75, 3.05) is 7.11 Å². The summed E-state index contributed by atoms with van der Waals surface area (Å²) in [4.78, 5) is 10.8. The Bertz CT molecular complexity index is 384. The predicted octanol–water partition coefficient (Wildman–Crippen LogP) is 1.59. The summed E-state index contributed by atoms with van der Waals surface area (Å²) in [6, 6.07) is 2.99. The van der Waals surface area contributed by atoms with Gasteiger partial charge in [-0.1, -0.05) is 0 Å². The van der Waals surface area contributed by atoms with E-state index in [1.54, 1.807) is 6.92 Å². The first kappa shape index (κ1) is 11.1. The van der Waals surface area contributed by atoms with Crippen LogP contribution in [0.5, 0.6) is 11.5 Å². The second-order valence-corrected chi connectivity index (χ2v) is 3.07. The summed E-state index contributed by atoms with van der Waals surface area (Å²) in [5, 5.41) is 19.0. The molecule has 0 unspecified atom stereocenters. The second kappa shape index (κ2) is 4.50. The van der Waals surface area contributed by atoms with Crippen LogP contribution in [0.4, 0.5) is 0 Å². The third-order valence-electron chi connectivity index (χ3n) is 1.87. The lowest BCUT2D eigenvalue weighted by molar-refractivity contribution is -0.134. The van der Waals surface area contributed by atoms with Gasteiger partial charge in [-0.25, -0.2) is 4.79 Å². The van der Waals surface area contributed by atoms with Crippen LogP contribution < -0.4 is 0 Å². The zero-order valence-electron chi connectivity index (χ0n) is 8.52. The Morgan fingerprint density at radius 1 is 1.33 bits per heavy atom. The lowest BCUT2D eigenvalue weighted by atomic mass is 10.1. The largest absolute Gasteiger partial charge is 0.507 e. The predicted molar refractivity (Wildman–Crippen MR) is 55.6 cm³/mol. The molecule has 1 aromatic carbocycles. The summed E-state index contributed by atoms with van der Waals surface area (Å²) in [7, 11) is 1.25. The van der Waals surface area contributed by atoms with E-state index in [1.807, 2.05) is 0 Å². The Hall–Kier alpha value is -1.97. The lowest BCUT2D eigenvalue weighted by Crippen LogP contribution is -1.93. The fourth-order valence-electron chi connectivity index (χ4n) is 1.15. The molecule has 0 saturated carbocycles. The first-order valence-electron chi connectivity index (χ1n) is 4.33. The van der Waals surface area contributed by atoms with Gasteiger partial charge in [-0.15, -0.1) is 0 Å². The van der Waals surface area contributed by atoms with Gasteiger partial charge in [0.2, 0.25) is 0 Å². The molecule has 0 saturated heterocycles. The van der Waals surface area contributed by atoms with E-state index in [-0.39, 0.29) is 17.1 Å². The zero-order valence-corrected chi connectivity index (χ0v) is 8.52. The van der Waals surface area contributed by atoms with Crippen LogP contribution in [0.3, 0.4) is 0 Å². The van der Waals surface area contributed by atoms with Crippen LogP contribution in [-0.2, 0) is 9.53 Å². The van der Waals surface area contributed by atoms with Crippen LogP contribution >= 0.6 is 0 Å². The number of phenols is 2. The molecule has 0 fully saturated rings. The number of rotatable bonds is 2. The molecule has 1 rings (SSSR count). The van der Waals surface area contributed by atoms with Crippen molar-refractivity contribution < 1.29 is 19.7 Å². The number of benzene rings is 1. The Labute approximate surface area is 87.4 Å². The van der Waals surface area contributed by atoms with Gasteiger partial charge in [0.1, 0.15) is 11.5 Å². The molecule has 0 atom stereocenters. The molecule has 0 aliphatic carbocycles. The summed E-state index contributed by atoms with van der Waals surface area (Å²) >= 11 is 0. The van der Waals surface area contributed by atoms with Gasteiger partial charge in [-0.2, -0.15) is 0 Å². The number of hydrogen-bond acceptors (Lipinski definition) is 4. The standard InChI is InChI=1S/C11H12O4/c1-7-5-9(12)8(10(13)6-7)3-4-11(14)15-2/h3-6,12-13H,1-2H3/b4-3+. The van der Waals surface area contributed by atoms with Gasteiger partial charge < -0.3 is 14.9 Å². The van der Waals surface area contributed by atoms with Crippen molar-refractivity contribution >= 4 is 12.0 Å². The molecule has 1 aromatic rings. The molecule has 0 aliphatic rings. The molecule has 4 nitrogen and oxygen atoms in total. The van der Waals surface area contributed by atoms with Gasteiger partial charge in [0.15, 0.2) is 0 Å². The van der Waals surface area contributed by atoms with E-state index in [0.29, 0.717) is 0 Å². The van der Waals surface area contributed by atoms with Gasteiger partial charge >= 0.3 is 5.97 Å². The molecule has 0 spiro atoms. The molecule has 0 aliphatic heterocycles. The maximum atomic E-state index is 10.8. The van der Waals surface area contributed by atoms with E-state index in [9.17, 15) is 15.0 Å². The van der Waals surface area contributed by atoms with Gasteiger partial charge in [-0.05, 0) is 30.7 Å². The molecule has 15 heavy (non-hydrogen) atoms. The summed E-state index contributed by atoms with van der Waals surface area (Å²) in [5.74, 6) is -0.699. The molecule has 2 N–H and O–H groups in total. The highest BCUT2D eigenvalue weighted by molar-refractivity contribution is 5.88. The molecular formula is C11H12O4. The summed E-state index contributed by atoms with van der Waals surface area (Å²) in [6.07, 6.45) is 2.43. The van der Waals surface area contributed by atoms with Crippen molar-refractivity contribution in [3.8, 4) is 11.5 Å². The number of phenolic OH excluding ortho intramolecular Hbond substituents is 2. The van der Waals surface area contributed by atoms with E-state index in [4.69, 9.17) is 0 Å². The first-order chi connectivity index (χ1) is 7.04. The lowest BCUT2D eigenvalue weighted by Gasteiger charge is -2.03. The van der Waals surface area contributed by atoms with Crippen molar-refractivity contribution in [1.29, 1.82) is 0 Å². The van der Waals surface area contributed by atoms with E-state index < -0.39 is 5.97 Å². The third-order valence-corrected chi connectivity index (χ3v) is 1.87. The molecule has 0 aromatic heterocycles. The zero-order chi connectivity index (χ0) is 11.4. The third kappa shape index (κ3) is 2.74. The monoisotopic (exact) mass is 208 g/mol. The van der Waals surface area contributed by atoms with Gasteiger partial charge in [0.25, 0.3) is 0 Å². The van der Waals surface area contributed by atoms with Crippen molar-refractivity contribution in [3.63, 3.8) is 0 Å². The highest BCUT2D eigenvalue weighted by Gasteiger charge is 2.05. The fourth-order valence-corrected chi connectivity index (χ4v) is 1.15. The normalized spacial score (nSPS) is 10.5. The number of ether oxygens (including phenoxy) is 1. The van der Waals surface area contributed by atoms with E-state index >= 15 is 0 Å². The van der Waals surface area contributed by atoms with E-state index in [1.165, 1.54) is 25.3 Å². The number of aryl methyl sites for hydroxylation is 1. The number of carbonyl (C=O) groups is 1. The first-order valence-corrected chi connectivity index (χ1v) is 4.33. The smallest absolute Gasteiger partial charge is 0.330 e. The Balaban J connectivity index is 3.05. The highest BCUT2D eigenvalue weighted by atomic mass is 16.5. The van der Waals surface area contributed by atoms with Gasteiger partial charge in [0, 0.05) is 6.08 Å². The number of aromatic hydroxyl groups is 2. The van der Waals surface area contributed by atoms with Crippen molar-refractivity contribution in [2.24, 2.45) is 0 Å².